The molecule has 0 aromatic heterocycles. The summed E-state index contributed by atoms with van der Waals surface area (Å²) in [6.45, 7) is 6.31. The third kappa shape index (κ3) is 1.87. The minimum Gasteiger partial charge on any atom is -0.378 e. The van der Waals surface area contributed by atoms with E-state index in [4.69, 9.17) is 9.47 Å². The van der Waals surface area contributed by atoms with Crippen LogP contribution in [-0.2, 0) is 9.47 Å². The first-order chi connectivity index (χ1) is 7.72. The van der Waals surface area contributed by atoms with Gasteiger partial charge in [-0.25, -0.2) is 0 Å². The number of rotatable bonds is 0. The average molecular weight is 227 g/mol. The second kappa shape index (κ2) is 3.92. The molecular formula is C11H21N3O2. The fourth-order valence-corrected chi connectivity index (χ4v) is 2.85. The summed E-state index contributed by atoms with van der Waals surface area (Å²) in [5.74, 6) is 0. The van der Waals surface area contributed by atoms with Crippen molar-refractivity contribution >= 4 is 0 Å². The van der Waals surface area contributed by atoms with Crippen molar-refractivity contribution in [2.24, 2.45) is 0 Å². The molecule has 16 heavy (non-hydrogen) atoms. The van der Waals surface area contributed by atoms with Crippen molar-refractivity contribution in [1.82, 2.24) is 15.5 Å². The van der Waals surface area contributed by atoms with Gasteiger partial charge in [0.15, 0.2) is 0 Å². The van der Waals surface area contributed by atoms with Gasteiger partial charge >= 0.3 is 0 Å². The van der Waals surface area contributed by atoms with E-state index in [1.807, 2.05) is 0 Å². The van der Waals surface area contributed by atoms with E-state index in [0.29, 0.717) is 0 Å². The van der Waals surface area contributed by atoms with Gasteiger partial charge in [0.05, 0.1) is 25.4 Å². The molecule has 5 nitrogen and oxygen atoms in total. The fourth-order valence-electron chi connectivity index (χ4n) is 2.85. The molecule has 3 rings (SSSR count). The van der Waals surface area contributed by atoms with E-state index in [9.17, 15) is 0 Å². The molecule has 3 saturated heterocycles. The van der Waals surface area contributed by atoms with Gasteiger partial charge in [-0.05, 0) is 7.05 Å². The van der Waals surface area contributed by atoms with Crippen molar-refractivity contribution in [2.75, 3.05) is 53.0 Å². The van der Waals surface area contributed by atoms with E-state index in [-0.39, 0.29) is 11.3 Å². The highest BCUT2D eigenvalue weighted by molar-refractivity contribution is 5.01. The first-order valence-corrected chi connectivity index (χ1v) is 6.12. The van der Waals surface area contributed by atoms with Crippen molar-refractivity contribution in [3.05, 3.63) is 0 Å². The lowest BCUT2D eigenvalue weighted by atomic mass is 9.96. The molecule has 2 N–H and O–H groups in total. The van der Waals surface area contributed by atoms with Gasteiger partial charge in [0.25, 0.3) is 0 Å². The standard InChI is InChI=1S/C11H21N3O2/c1-14-4-2-11(7-14)13-6-10(9-16-11)8-15-5-3-12-10/h12-13H,2-9H2,1H3. The number of hydrogen-bond acceptors (Lipinski definition) is 5. The van der Waals surface area contributed by atoms with Gasteiger partial charge in [-0.1, -0.05) is 0 Å². The Kier molecular flexibility index (Phi) is 2.68. The van der Waals surface area contributed by atoms with Crippen LogP contribution >= 0.6 is 0 Å². The minimum atomic E-state index is -0.0981. The first-order valence-electron chi connectivity index (χ1n) is 6.12. The van der Waals surface area contributed by atoms with Crippen LogP contribution in [0, 0.1) is 0 Å². The summed E-state index contributed by atoms with van der Waals surface area (Å²) in [7, 11) is 2.14. The Bertz CT molecular complexity index is 244. The number of morpholine rings is 1. The lowest BCUT2D eigenvalue weighted by Crippen LogP contribution is -2.71. The molecule has 3 aliphatic heterocycles. The fraction of sp³-hybridized carbons (Fsp3) is 1.00. The molecule has 0 aromatic carbocycles. The normalized spacial score (nSPS) is 45.6. The number of nitrogens with one attached hydrogen (secondary N) is 2. The van der Waals surface area contributed by atoms with Crippen molar-refractivity contribution in [1.29, 1.82) is 0 Å². The molecule has 2 spiro atoms. The third-order valence-corrected chi connectivity index (χ3v) is 3.92. The zero-order valence-electron chi connectivity index (χ0n) is 9.92. The lowest BCUT2D eigenvalue weighted by molar-refractivity contribution is -0.143. The van der Waals surface area contributed by atoms with E-state index in [2.05, 4.69) is 22.6 Å². The van der Waals surface area contributed by atoms with Gasteiger partial charge in [-0.15, -0.1) is 0 Å². The molecule has 0 radical (unpaired) electrons. The molecule has 3 heterocycles. The molecule has 92 valence electrons. The summed E-state index contributed by atoms with van der Waals surface area (Å²) in [6.07, 6.45) is 1.08. The van der Waals surface area contributed by atoms with Crippen molar-refractivity contribution < 1.29 is 9.47 Å². The smallest absolute Gasteiger partial charge is 0.133 e. The Morgan fingerprint density at radius 3 is 2.75 bits per heavy atom. The SMILES string of the molecule is CN1CCC2(C1)NCC1(COCCN1)CO2. The Hall–Kier alpha value is -0.200. The number of likely N-dealkylation sites (N-methyl/N-ethyl adjacent to an activating group) is 1. The van der Waals surface area contributed by atoms with Crippen LogP contribution in [0.25, 0.3) is 0 Å². The minimum absolute atomic E-state index is 0.00462. The van der Waals surface area contributed by atoms with Crippen LogP contribution in [0.3, 0.4) is 0 Å². The molecule has 2 unspecified atom stereocenters. The van der Waals surface area contributed by atoms with Gasteiger partial charge in [0.1, 0.15) is 5.72 Å². The van der Waals surface area contributed by atoms with Crippen molar-refractivity contribution in [2.45, 2.75) is 17.7 Å². The van der Waals surface area contributed by atoms with Gasteiger partial charge < -0.3 is 19.7 Å². The zero-order valence-corrected chi connectivity index (χ0v) is 9.92. The summed E-state index contributed by atoms with van der Waals surface area (Å²) in [6, 6.07) is 0. The van der Waals surface area contributed by atoms with Crippen molar-refractivity contribution in [3.8, 4) is 0 Å². The predicted molar refractivity (Wildman–Crippen MR) is 60.4 cm³/mol. The average Bonchev–Trinajstić information content (AvgIpc) is 2.67. The second-order valence-electron chi connectivity index (χ2n) is 5.38. The quantitative estimate of drug-likeness (QED) is 0.556. The van der Waals surface area contributed by atoms with Crippen LogP contribution in [0.4, 0.5) is 0 Å². The molecule has 0 bridgehead atoms. The largest absolute Gasteiger partial charge is 0.378 e. The second-order valence-corrected chi connectivity index (χ2v) is 5.38. The van der Waals surface area contributed by atoms with Crippen LogP contribution in [0.1, 0.15) is 6.42 Å². The predicted octanol–water partition coefficient (Wildman–Crippen LogP) is -1.00. The maximum absolute atomic E-state index is 6.09. The van der Waals surface area contributed by atoms with Gasteiger partial charge in [0, 0.05) is 32.6 Å². The summed E-state index contributed by atoms with van der Waals surface area (Å²) < 4.78 is 11.6. The Morgan fingerprint density at radius 2 is 2.19 bits per heavy atom. The van der Waals surface area contributed by atoms with Gasteiger partial charge in [-0.2, -0.15) is 0 Å². The Labute approximate surface area is 96.5 Å². The molecule has 0 saturated carbocycles. The van der Waals surface area contributed by atoms with E-state index in [0.717, 1.165) is 52.4 Å². The van der Waals surface area contributed by atoms with Crippen LogP contribution in [0.5, 0.6) is 0 Å². The van der Waals surface area contributed by atoms with E-state index in [1.165, 1.54) is 0 Å². The van der Waals surface area contributed by atoms with Crippen LogP contribution in [-0.4, -0.2) is 69.2 Å². The van der Waals surface area contributed by atoms with Crippen LogP contribution in [0.2, 0.25) is 0 Å². The third-order valence-electron chi connectivity index (χ3n) is 3.92. The highest BCUT2D eigenvalue weighted by Gasteiger charge is 2.46. The highest BCUT2D eigenvalue weighted by atomic mass is 16.5. The molecule has 5 heteroatoms. The van der Waals surface area contributed by atoms with Gasteiger partial charge in [-0.3, -0.25) is 5.32 Å². The number of likely N-dealkylation sites (tertiary alicyclic amines) is 1. The number of ether oxygens (including phenoxy) is 2. The molecular weight excluding hydrogens is 206 g/mol. The molecule has 0 aromatic rings. The zero-order chi connectivity index (χ0) is 11.1. The van der Waals surface area contributed by atoms with E-state index < -0.39 is 0 Å². The molecule has 0 amide bonds. The maximum atomic E-state index is 6.09. The van der Waals surface area contributed by atoms with E-state index in [1.54, 1.807) is 0 Å². The van der Waals surface area contributed by atoms with Crippen LogP contribution in [0.15, 0.2) is 0 Å². The monoisotopic (exact) mass is 227 g/mol. The molecule has 0 aliphatic carbocycles. The summed E-state index contributed by atoms with van der Waals surface area (Å²) in [5, 5.41) is 7.10. The van der Waals surface area contributed by atoms with E-state index >= 15 is 0 Å². The molecule has 2 atom stereocenters. The van der Waals surface area contributed by atoms with Crippen molar-refractivity contribution in [3.63, 3.8) is 0 Å². The highest BCUT2D eigenvalue weighted by Crippen LogP contribution is 2.27. The maximum Gasteiger partial charge on any atom is 0.133 e. The first kappa shape index (κ1) is 10.9. The molecule has 3 aliphatic rings. The summed E-state index contributed by atoms with van der Waals surface area (Å²) in [4.78, 5) is 2.32. The Morgan fingerprint density at radius 1 is 1.25 bits per heavy atom. The van der Waals surface area contributed by atoms with Crippen LogP contribution < -0.4 is 10.6 Å². The summed E-state index contributed by atoms with van der Waals surface area (Å²) >= 11 is 0. The summed E-state index contributed by atoms with van der Waals surface area (Å²) in [5.41, 5.74) is -0.0935. The number of hydrogen-bond donors (Lipinski definition) is 2. The number of nitrogens with zero attached hydrogens (tertiary/aromatic N) is 1. The van der Waals surface area contributed by atoms with Gasteiger partial charge in [0.2, 0.25) is 0 Å². The topological polar surface area (TPSA) is 45.8 Å². The molecule has 3 fully saturated rings. The lowest BCUT2D eigenvalue weighted by Gasteiger charge is -2.47. The Balaban J connectivity index is 1.63.